The molecule has 2 aromatic carbocycles. The van der Waals surface area contributed by atoms with Gasteiger partial charge < -0.3 is 14.4 Å². The summed E-state index contributed by atoms with van der Waals surface area (Å²) < 4.78 is 60.6. The number of carboxylic acids is 1. The number of carboxylic acid groups (broad SMARTS) is 1. The van der Waals surface area contributed by atoms with Gasteiger partial charge in [-0.2, -0.15) is 18.3 Å². The Morgan fingerprint density at radius 3 is 2.53 bits per heavy atom. The summed E-state index contributed by atoms with van der Waals surface area (Å²) >= 11 is 0. The van der Waals surface area contributed by atoms with E-state index >= 15 is 0 Å². The molecule has 0 atom stereocenters. The van der Waals surface area contributed by atoms with Crippen molar-refractivity contribution in [3.8, 4) is 16.9 Å². The number of aliphatic carboxylic acids is 1. The minimum absolute atomic E-state index is 0.131. The Morgan fingerprint density at radius 1 is 1.16 bits per heavy atom. The van der Waals surface area contributed by atoms with Gasteiger partial charge in [0, 0.05) is 11.6 Å². The van der Waals surface area contributed by atoms with Crippen molar-refractivity contribution in [3.05, 3.63) is 71.4 Å². The summed E-state index contributed by atoms with van der Waals surface area (Å²) in [7, 11) is 0. The van der Waals surface area contributed by atoms with Crippen LogP contribution in [0.4, 0.5) is 17.6 Å². The summed E-state index contributed by atoms with van der Waals surface area (Å²) in [6.07, 6.45) is -3.27. The molecule has 6 nitrogen and oxygen atoms in total. The lowest BCUT2D eigenvalue weighted by Crippen LogP contribution is -2.10. The van der Waals surface area contributed by atoms with Crippen molar-refractivity contribution in [1.82, 2.24) is 14.8 Å². The van der Waals surface area contributed by atoms with Crippen LogP contribution >= 0.6 is 0 Å². The van der Waals surface area contributed by atoms with Crippen molar-refractivity contribution >= 4 is 16.9 Å². The minimum Gasteiger partial charge on any atom is -0.485 e. The van der Waals surface area contributed by atoms with Crippen molar-refractivity contribution in [1.29, 1.82) is 0 Å². The maximum absolute atomic E-state index is 13.7. The Labute approximate surface area is 179 Å². The van der Waals surface area contributed by atoms with Gasteiger partial charge in [0.05, 0.1) is 22.5 Å². The Morgan fingerprint density at radius 2 is 1.88 bits per heavy atom. The van der Waals surface area contributed by atoms with Crippen LogP contribution in [0, 0.1) is 12.7 Å². The van der Waals surface area contributed by atoms with Gasteiger partial charge in [-0.25, -0.2) is 4.39 Å². The predicted octanol–water partition coefficient (Wildman–Crippen LogP) is 5.16. The van der Waals surface area contributed by atoms with Crippen LogP contribution in [0.25, 0.3) is 22.0 Å². The van der Waals surface area contributed by atoms with Crippen molar-refractivity contribution in [2.24, 2.45) is 0 Å². The molecule has 2 heterocycles. The number of rotatable bonds is 6. The molecular weight excluding hydrogens is 430 g/mol. The molecule has 2 N–H and O–H groups in total. The topological polar surface area (TPSA) is 80.1 Å². The number of halogens is 4. The number of hydrogen-bond donors (Lipinski definition) is 2. The first-order valence-electron chi connectivity index (χ1n) is 9.48. The van der Waals surface area contributed by atoms with Gasteiger partial charge in [-0.15, -0.1) is 0 Å². The van der Waals surface area contributed by atoms with Crippen LogP contribution in [0.2, 0.25) is 0 Å². The summed E-state index contributed by atoms with van der Waals surface area (Å²) in [6.45, 7) is 1.51. The van der Waals surface area contributed by atoms with E-state index in [1.165, 1.54) is 6.07 Å². The molecule has 0 aliphatic rings. The van der Waals surface area contributed by atoms with E-state index in [1.54, 1.807) is 42.0 Å². The molecule has 0 amide bonds. The summed E-state index contributed by atoms with van der Waals surface area (Å²) in [5, 5.41) is 16.4. The van der Waals surface area contributed by atoms with E-state index in [-0.39, 0.29) is 18.7 Å². The summed E-state index contributed by atoms with van der Waals surface area (Å²) in [5.74, 6) is -2.01. The van der Waals surface area contributed by atoms with E-state index in [1.807, 2.05) is 0 Å². The summed E-state index contributed by atoms with van der Waals surface area (Å²) in [6, 6.07) is 9.29. The number of H-pyrrole nitrogens is 1. The van der Waals surface area contributed by atoms with Crippen LogP contribution < -0.4 is 4.74 Å². The molecule has 0 aliphatic carbocycles. The molecule has 0 saturated carbocycles. The molecule has 0 bridgehead atoms. The van der Waals surface area contributed by atoms with Crippen molar-refractivity contribution in [2.45, 2.75) is 26.3 Å². The van der Waals surface area contributed by atoms with Crippen molar-refractivity contribution in [3.63, 3.8) is 0 Å². The van der Waals surface area contributed by atoms with Crippen LogP contribution in [0.3, 0.4) is 0 Å². The Kier molecular flexibility index (Phi) is 5.37. The second kappa shape index (κ2) is 8.03. The fraction of sp³-hybridized carbons (Fsp3) is 0.182. The quantitative estimate of drug-likeness (QED) is 0.400. The minimum atomic E-state index is -4.83. The standard InChI is InChI=1S/C22H17F4N3O3/c1-12-21(32-11-15-6-7-27-28-15)16-8-13(3-5-19(16)29(12)10-20(30)31)14-2-4-18(23)17(9-14)22(24,25)26/h2-9H,10-11H2,1H3,(H,27,28)(H,30,31). The number of benzene rings is 2. The zero-order valence-corrected chi connectivity index (χ0v) is 16.7. The molecule has 2 aromatic heterocycles. The predicted molar refractivity (Wildman–Crippen MR) is 108 cm³/mol. The number of nitrogens with one attached hydrogen (secondary N) is 1. The van der Waals surface area contributed by atoms with Gasteiger partial charge in [-0.1, -0.05) is 12.1 Å². The lowest BCUT2D eigenvalue weighted by Gasteiger charge is -2.11. The third kappa shape index (κ3) is 4.03. The second-order valence-corrected chi connectivity index (χ2v) is 7.19. The maximum atomic E-state index is 13.7. The van der Waals surface area contributed by atoms with Crippen LogP contribution in [-0.4, -0.2) is 25.8 Å². The van der Waals surface area contributed by atoms with Crippen molar-refractivity contribution < 1.29 is 32.2 Å². The number of aromatic amines is 1. The molecule has 0 spiro atoms. The number of aromatic nitrogens is 3. The van der Waals surface area contributed by atoms with Crippen LogP contribution in [0.15, 0.2) is 48.7 Å². The SMILES string of the molecule is Cc1c(OCc2ccn[nH]2)c2cc(-c3ccc(F)c(C(F)(F)F)c3)ccc2n1CC(=O)O. The fourth-order valence-electron chi connectivity index (χ4n) is 3.59. The van der Waals surface area contributed by atoms with E-state index in [9.17, 15) is 27.5 Å². The van der Waals surface area contributed by atoms with E-state index in [4.69, 9.17) is 4.74 Å². The average molecular weight is 447 g/mol. The van der Waals surface area contributed by atoms with Gasteiger partial charge in [-0.3, -0.25) is 9.89 Å². The van der Waals surface area contributed by atoms with E-state index < -0.39 is 23.5 Å². The van der Waals surface area contributed by atoms with Gasteiger partial charge in [0.25, 0.3) is 0 Å². The fourth-order valence-corrected chi connectivity index (χ4v) is 3.59. The highest BCUT2D eigenvalue weighted by atomic mass is 19.4. The van der Waals surface area contributed by atoms with Gasteiger partial charge >= 0.3 is 12.1 Å². The number of fused-ring (bicyclic) bond motifs is 1. The first-order valence-corrected chi connectivity index (χ1v) is 9.48. The number of alkyl halides is 3. The highest BCUT2D eigenvalue weighted by Crippen LogP contribution is 2.38. The van der Waals surface area contributed by atoms with E-state index in [2.05, 4.69) is 10.2 Å². The first-order chi connectivity index (χ1) is 15.1. The molecule has 0 fully saturated rings. The number of ether oxygens (including phenoxy) is 1. The third-order valence-electron chi connectivity index (χ3n) is 5.09. The van der Waals surface area contributed by atoms with Crippen LogP contribution in [-0.2, 0) is 24.1 Å². The normalized spacial score (nSPS) is 11.8. The van der Waals surface area contributed by atoms with Gasteiger partial charge in [0.1, 0.15) is 24.7 Å². The first kappa shape index (κ1) is 21.4. The monoisotopic (exact) mass is 447 g/mol. The summed E-state index contributed by atoms with van der Waals surface area (Å²) in [5.41, 5.74) is 1.00. The number of nitrogens with zero attached hydrogens (tertiary/aromatic N) is 2. The van der Waals surface area contributed by atoms with Gasteiger partial charge in [-0.05, 0) is 48.4 Å². The maximum Gasteiger partial charge on any atom is 0.419 e. The number of hydrogen-bond acceptors (Lipinski definition) is 3. The molecule has 0 radical (unpaired) electrons. The smallest absolute Gasteiger partial charge is 0.419 e. The zero-order valence-electron chi connectivity index (χ0n) is 16.7. The summed E-state index contributed by atoms with van der Waals surface area (Å²) in [4.78, 5) is 11.4. The Balaban J connectivity index is 1.83. The highest BCUT2D eigenvalue weighted by molar-refractivity contribution is 5.93. The Bertz CT molecular complexity index is 1290. The Hall–Kier alpha value is -3.82. The van der Waals surface area contributed by atoms with Gasteiger partial charge in [0.15, 0.2) is 0 Å². The molecule has 0 unspecified atom stereocenters. The molecule has 0 saturated heterocycles. The molecule has 4 rings (SSSR count). The molecule has 0 aliphatic heterocycles. The molecular formula is C22H17F4N3O3. The van der Waals surface area contributed by atoms with Crippen LogP contribution in [0.1, 0.15) is 17.0 Å². The van der Waals surface area contributed by atoms with Crippen molar-refractivity contribution in [2.75, 3.05) is 0 Å². The van der Waals surface area contributed by atoms with E-state index in [0.717, 1.165) is 12.1 Å². The van der Waals surface area contributed by atoms with E-state index in [0.29, 0.717) is 33.6 Å². The molecule has 4 aromatic rings. The lowest BCUT2D eigenvalue weighted by atomic mass is 10.0. The third-order valence-corrected chi connectivity index (χ3v) is 5.09. The van der Waals surface area contributed by atoms with Crippen LogP contribution in [0.5, 0.6) is 5.75 Å². The zero-order chi connectivity index (χ0) is 23.0. The largest absolute Gasteiger partial charge is 0.485 e. The second-order valence-electron chi connectivity index (χ2n) is 7.19. The average Bonchev–Trinajstić information content (AvgIpc) is 3.33. The highest BCUT2D eigenvalue weighted by Gasteiger charge is 2.34. The lowest BCUT2D eigenvalue weighted by molar-refractivity contribution is -0.140. The van der Waals surface area contributed by atoms with Gasteiger partial charge in [0.2, 0.25) is 0 Å². The molecule has 10 heteroatoms. The molecule has 166 valence electrons. The number of carbonyl (C=O) groups is 1. The molecule has 32 heavy (non-hydrogen) atoms.